The first-order valence-corrected chi connectivity index (χ1v) is 9.80. The lowest BCUT2D eigenvalue weighted by molar-refractivity contribution is -0.135. The van der Waals surface area contributed by atoms with Crippen molar-refractivity contribution in [2.75, 3.05) is 13.3 Å². The van der Waals surface area contributed by atoms with E-state index >= 15 is 0 Å². The van der Waals surface area contributed by atoms with Gasteiger partial charge in [-0.2, -0.15) is 0 Å². The van der Waals surface area contributed by atoms with Crippen molar-refractivity contribution in [3.05, 3.63) is 59.4 Å². The highest BCUT2D eigenvalue weighted by molar-refractivity contribution is 5.90. The van der Waals surface area contributed by atoms with E-state index in [0.29, 0.717) is 37.4 Å². The maximum Gasteiger partial charge on any atom is 0.242 e. The molecule has 2 heterocycles. The number of nitrogens with one attached hydrogen (secondary N) is 1. The minimum atomic E-state index is -0.459. The highest BCUT2D eigenvalue weighted by Crippen LogP contribution is 2.33. The Bertz CT molecular complexity index is 900. The minimum absolute atomic E-state index is 0.0193. The molecule has 2 aliphatic heterocycles. The van der Waals surface area contributed by atoms with Crippen LogP contribution in [-0.4, -0.2) is 36.1 Å². The van der Waals surface area contributed by atoms with Crippen LogP contribution in [0.25, 0.3) is 0 Å². The number of ether oxygens (including phenoxy) is 2. The molecule has 1 N–H and O–H groups in total. The number of likely N-dealkylation sites (tertiary alicyclic amines) is 1. The van der Waals surface area contributed by atoms with Crippen LogP contribution in [0.4, 0.5) is 4.39 Å². The van der Waals surface area contributed by atoms with E-state index in [-0.39, 0.29) is 24.4 Å². The average molecular weight is 398 g/mol. The zero-order valence-electron chi connectivity index (χ0n) is 16.0. The van der Waals surface area contributed by atoms with Gasteiger partial charge >= 0.3 is 0 Å². The molecule has 0 aliphatic carbocycles. The van der Waals surface area contributed by atoms with Crippen LogP contribution in [0.5, 0.6) is 11.5 Å². The number of halogens is 1. The minimum Gasteiger partial charge on any atom is -0.454 e. The second-order valence-corrected chi connectivity index (χ2v) is 7.28. The Morgan fingerprint density at radius 1 is 1.10 bits per heavy atom. The summed E-state index contributed by atoms with van der Waals surface area (Å²) in [5.41, 5.74) is 1.93. The molecule has 2 aliphatic rings. The van der Waals surface area contributed by atoms with E-state index in [2.05, 4.69) is 5.32 Å². The molecule has 0 spiro atoms. The summed E-state index contributed by atoms with van der Waals surface area (Å²) in [6.45, 7) is 1.08. The first-order chi connectivity index (χ1) is 14.1. The highest BCUT2D eigenvalue weighted by Gasteiger charge is 2.35. The molecule has 4 rings (SSSR count). The van der Waals surface area contributed by atoms with Gasteiger partial charge in [-0.1, -0.05) is 18.2 Å². The fourth-order valence-corrected chi connectivity index (χ4v) is 3.71. The molecular weight excluding hydrogens is 375 g/mol. The third-order valence-electron chi connectivity index (χ3n) is 5.28. The molecule has 2 aromatic rings. The fraction of sp³-hybridized carbons (Fsp3) is 0.364. The van der Waals surface area contributed by atoms with Crippen molar-refractivity contribution in [2.24, 2.45) is 0 Å². The van der Waals surface area contributed by atoms with Gasteiger partial charge in [0.05, 0.1) is 0 Å². The molecule has 6 nitrogen and oxygen atoms in total. The fourth-order valence-electron chi connectivity index (χ4n) is 3.71. The molecule has 29 heavy (non-hydrogen) atoms. The SMILES string of the molecule is O=C(NCCCc1ccc(F)cc1)C1CCC(=O)N1Cc1ccc2c(c1)OCO2. The Balaban J connectivity index is 1.30. The van der Waals surface area contributed by atoms with Gasteiger partial charge in [0, 0.05) is 19.5 Å². The zero-order valence-corrected chi connectivity index (χ0v) is 16.0. The maximum atomic E-state index is 12.9. The number of amides is 2. The lowest BCUT2D eigenvalue weighted by atomic mass is 10.1. The number of nitrogens with zero attached hydrogens (tertiary/aromatic N) is 1. The first kappa shape index (κ1) is 19.2. The number of hydrogen-bond acceptors (Lipinski definition) is 4. The van der Waals surface area contributed by atoms with Crippen LogP contribution in [-0.2, 0) is 22.6 Å². The smallest absolute Gasteiger partial charge is 0.242 e. The Labute approximate surface area is 168 Å². The maximum absolute atomic E-state index is 12.9. The van der Waals surface area contributed by atoms with Crippen molar-refractivity contribution >= 4 is 11.8 Å². The number of carbonyl (C=O) groups is 2. The standard InChI is InChI=1S/C22H23FN2O4/c23-17-6-3-15(4-7-17)2-1-11-24-22(27)18-8-10-21(26)25(18)13-16-5-9-19-20(12-16)29-14-28-19/h3-7,9,12,18H,1-2,8,10-11,13-14H2,(H,24,27). The van der Waals surface area contributed by atoms with Gasteiger partial charge in [-0.25, -0.2) is 4.39 Å². The van der Waals surface area contributed by atoms with Gasteiger partial charge in [0.25, 0.3) is 0 Å². The van der Waals surface area contributed by atoms with Crippen molar-refractivity contribution in [2.45, 2.75) is 38.3 Å². The van der Waals surface area contributed by atoms with E-state index in [4.69, 9.17) is 9.47 Å². The van der Waals surface area contributed by atoms with E-state index < -0.39 is 6.04 Å². The van der Waals surface area contributed by atoms with Crippen LogP contribution in [0.2, 0.25) is 0 Å². The molecule has 2 amide bonds. The van der Waals surface area contributed by atoms with Gasteiger partial charge in [0.2, 0.25) is 18.6 Å². The monoisotopic (exact) mass is 398 g/mol. The molecule has 1 atom stereocenters. The van der Waals surface area contributed by atoms with Crippen LogP contribution in [0.15, 0.2) is 42.5 Å². The lowest BCUT2D eigenvalue weighted by Gasteiger charge is -2.24. The molecule has 1 saturated heterocycles. The van der Waals surface area contributed by atoms with Crippen molar-refractivity contribution in [3.8, 4) is 11.5 Å². The van der Waals surface area contributed by atoms with Gasteiger partial charge in [-0.3, -0.25) is 9.59 Å². The summed E-state index contributed by atoms with van der Waals surface area (Å²) in [6, 6.07) is 11.5. The predicted octanol–water partition coefficient (Wildman–Crippen LogP) is 2.79. The summed E-state index contributed by atoms with van der Waals surface area (Å²) in [5.74, 6) is 0.952. The van der Waals surface area contributed by atoms with E-state index in [1.807, 2.05) is 18.2 Å². The van der Waals surface area contributed by atoms with E-state index in [1.54, 1.807) is 17.0 Å². The molecular formula is C22H23FN2O4. The molecule has 0 radical (unpaired) electrons. The summed E-state index contributed by atoms with van der Waals surface area (Å²) in [5, 5.41) is 2.93. The molecule has 2 aromatic carbocycles. The van der Waals surface area contributed by atoms with Crippen LogP contribution < -0.4 is 14.8 Å². The van der Waals surface area contributed by atoms with E-state index in [9.17, 15) is 14.0 Å². The topological polar surface area (TPSA) is 67.9 Å². The largest absolute Gasteiger partial charge is 0.454 e. The molecule has 1 fully saturated rings. The van der Waals surface area contributed by atoms with Crippen LogP contribution >= 0.6 is 0 Å². The highest BCUT2D eigenvalue weighted by atomic mass is 19.1. The quantitative estimate of drug-likeness (QED) is 0.729. The first-order valence-electron chi connectivity index (χ1n) is 9.80. The zero-order chi connectivity index (χ0) is 20.2. The van der Waals surface area contributed by atoms with Crippen LogP contribution in [0, 0.1) is 5.82 Å². The number of rotatable bonds is 7. The number of hydrogen-bond donors (Lipinski definition) is 1. The Kier molecular flexibility index (Phi) is 5.64. The molecule has 0 bridgehead atoms. The summed E-state index contributed by atoms with van der Waals surface area (Å²) in [7, 11) is 0. The number of carbonyl (C=O) groups excluding carboxylic acids is 2. The molecule has 1 unspecified atom stereocenters. The van der Waals surface area contributed by atoms with Gasteiger partial charge in [-0.05, 0) is 54.7 Å². The second kappa shape index (κ2) is 8.51. The second-order valence-electron chi connectivity index (χ2n) is 7.28. The van der Waals surface area contributed by atoms with E-state index in [0.717, 1.165) is 24.0 Å². The summed E-state index contributed by atoms with van der Waals surface area (Å²) in [6.07, 6.45) is 2.40. The normalized spacial score (nSPS) is 17.6. The van der Waals surface area contributed by atoms with Gasteiger partial charge in [0.1, 0.15) is 11.9 Å². The number of aryl methyl sites for hydroxylation is 1. The average Bonchev–Trinajstić information content (AvgIpc) is 3.33. The lowest BCUT2D eigenvalue weighted by Crippen LogP contribution is -2.44. The van der Waals surface area contributed by atoms with Crippen molar-refractivity contribution < 1.29 is 23.5 Å². The van der Waals surface area contributed by atoms with Gasteiger partial charge < -0.3 is 19.7 Å². The summed E-state index contributed by atoms with van der Waals surface area (Å²) >= 11 is 0. The van der Waals surface area contributed by atoms with Crippen molar-refractivity contribution in [1.29, 1.82) is 0 Å². The molecule has 0 aromatic heterocycles. The molecule has 0 saturated carbocycles. The number of fused-ring (bicyclic) bond motifs is 1. The third kappa shape index (κ3) is 4.50. The Morgan fingerprint density at radius 3 is 2.69 bits per heavy atom. The Morgan fingerprint density at radius 2 is 1.86 bits per heavy atom. The Hall–Kier alpha value is -3.09. The molecule has 152 valence electrons. The number of benzene rings is 2. The van der Waals surface area contributed by atoms with Crippen molar-refractivity contribution in [1.82, 2.24) is 10.2 Å². The van der Waals surface area contributed by atoms with Crippen LogP contribution in [0.1, 0.15) is 30.4 Å². The third-order valence-corrected chi connectivity index (χ3v) is 5.28. The predicted molar refractivity (Wildman–Crippen MR) is 104 cm³/mol. The van der Waals surface area contributed by atoms with E-state index in [1.165, 1.54) is 12.1 Å². The van der Waals surface area contributed by atoms with Crippen molar-refractivity contribution in [3.63, 3.8) is 0 Å². The summed E-state index contributed by atoms with van der Waals surface area (Å²) < 4.78 is 23.6. The van der Waals surface area contributed by atoms with Crippen LogP contribution in [0.3, 0.4) is 0 Å². The van der Waals surface area contributed by atoms with Gasteiger partial charge in [-0.15, -0.1) is 0 Å². The molecule has 7 heteroatoms. The summed E-state index contributed by atoms with van der Waals surface area (Å²) in [4.78, 5) is 26.6. The van der Waals surface area contributed by atoms with Gasteiger partial charge in [0.15, 0.2) is 11.5 Å².